The van der Waals surface area contributed by atoms with Crippen molar-refractivity contribution in [2.75, 3.05) is 7.11 Å². The van der Waals surface area contributed by atoms with E-state index in [4.69, 9.17) is 19.8 Å². The molecule has 0 unspecified atom stereocenters. The number of carboxylic acids is 1. The number of nitriles is 1. The molecule has 6 nitrogen and oxygen atoms in total. The maximum absolute atomic E-state index is 11.2. The fourth-order valence-electron chi connectivity index (χ4n) is 1.54. The number of benzene rings is 1. The molecule has 0 aliphatic heterocycles. The van der Waals surface area contributed by atoms with Gasteiger partial charge in [-0.15, -0.1) is 0 Å². The first-order chi connectivity index (χ1) is 9.63. The van der Waals surface area contributed by atoms with E-state index in [0.717, 1.165) is 0 Å². The fraction of sp³-hybridized carbons (Fsp3) is 0.0714. The molecule has 0 aliphatic rings. The van der Waals surface area contributed by atoms with Gasteiger partial charge in [0.05, 0.1) is 18.7 Å². The summed E-state index contributed by atoms with van der Waals surface area (Å²) in [4.78, 5) is 15.1. The molecule has 2 rings (SSSR count). The van der Waals surface area contributed by atoms with Gasteiger partial charge in [-0.05, 0) is 24.3 Å². The second-order valence-electron chi connectivity index (χ2n) is 3.76. The highest BCUT2D eigenvalue weighted by atomic mass is 16.5. The zero-order valence-corrected chi connectivity index (χ0v) is 10.5. The van der Waals surface area contributed by atoms with Crippen LogP contribution in [0.3, 0.4) is 0 Å². The molecule has 0 aliphatic carbocycles. The molecule has 100 valence electrons. The predicted molar refractivity (Wildman–Crippen MR) is 69.0 cm³/mol. The molecule has 0 saturated carbocycles. The Kier molecular flexibility index (Phi) is 3.82. The molecular formula is C14H10N2O4. The SMILES string of the molecule is COc1ccc(Oc2cc(C#N)ccn2)c(C(=O)O)c1. The van der Waals surface area contributed by atoms with Gasteiger partial charge in [-0.2, -0.15) is 5.26 Å². The predicted octanol–water partition coefficient (Wildman–Crippen LogP) is 2.45. The van der Waals surface area contributed by atoms with Crippen LogP contribution in [0.5, 0.6) is 17.4 Å². The van der Waals surface area contributed by atoms with E-state index in [1.807, 2.05) is 6.07 Å². The van der Waals surface area contributed by atoms with Crippen LogP contribution in [0, 0.1) is 11.3 Å². The Bertz CT molecular complexity index is 692. The smallest absolute Gasteiger partial charge is 0.339 e. The summed E-state index contributed by atoms with van der Waals surface area (Å²) in [6, 6.07) is 9.31. The maximum atomic E-state index is 11.2. The minimum atomic E-state index is -1.14. The van der Waals surface area contributed by atoms with E-state index < -0.39 is 5.97 Å². The van der Waals surface area contributed by atoms with Gasteiger partial charge in [0.2, 0.25) is 5.88 Å². The van der Waals surface area contributed by atoms with Crippen LogP contribution >= 0.6 is 0 Å². The number of carbonyl (C=O) groups is 1. The zero-order chi connectivity index (χ0) is 14.5. The van der Waals surface area contributed by atoms with Crippen LogP contribution in [0.1, 0.15) is 15.9 Å². The highest BCUT2D eigenvalue weighted by molar-refractivity contribution is 5.91. The minimum Gasteiger partial charge on any atom is -0.497 e. The second-order valence-corrected chi connectivity index (χ2v) is 3.76. The van der Waals surface area contributed by atoms with Crippen molar-refractivity contribution in [3.05, 3.63) is 47.7 Å². The summed E-state index contributed by atoms with van der Waals surface area (Å²) in [6.45, 7) is 0. The molecule has 0 saturated heterocycles. The lowest BCUT2D eigenvalue weighted by Gasteiger charge is -2.09. The molecule has 1 aromatic heterocycles. The van der Waals surface area contributed by atoms with Crippen LogP contribution in [-0.4, -0.2) is 23.2 Å². The van der Waals surface area contributed by atoms with Gasteiger partial charge in [-0.3, -0.25) is 0 Å². The first-order valence-electron chi connectivity index (χ1n) is 5.59. The van der Waals surface area contributed by atoms with Crippen LogP contribution in [0.2, 0.25) is 0 Å². The minimum absolute atomic E-state index is 0.0477. The monoisotopic (exact) mass is 270 g/mol. The van der Waals surface area contributed by atoms with Crippen LogP contribution in [0.4, 0.5) is 0 Å². The highest BCUT2D eigenvalue weighted by Crippen LogP contribution is 2.28. The third-order valence-electron chi connectivity index (χ3n) is 2.50. The molecule has 6 heteroatoms. The van der Waals surface area contributed by atoms with Gasteiger partial charge in [0.15, 0.2) is 0 Å². The summed E-state index contributed by atoms with van der Waals surface area (Å²) in [5, 5.41) is 18.0. The number of pyridine rings is 1. The average Bonchev–Trinajstić information content (AvgIpc) is 2.47. The third-order valence-corrected chi connectivity index (χ3v) is 2.50. The van der Waals surface area contributed by atoms with E-state index in [0.29, 0.717) is 11.3 Å². The van der Waals surface area contributed by atoms with Crippen LogP contribution in [-0.2, 0) is 0 Å². The zero-order valence-electron chi connectivity index (χ0n) is 10.5. The molecule has 0 fully saturated rings. The molecule has 1 heterocycles. The van der Waals surface area contributed by atoms with Crippen molar-refractivity contribution in [1.29, 1.82) is 5.26 Å². The van der Waals surface area contributed by atoms with Gasteiger partial charge in [0, 0.05) is 12.3 Å². The lowest BCUT2D eigenvalue weighted by molar-refractivity contribution is 0.0693. The quantitative estimate of drug-likeness (QED) is 0.917. The number of hydrogen-bond acceptors (Lipinski definition) is 5. The first-order valence-corrected chi connectivity index (χ1v) is 5.59. The van der Waals surface area contributed by atoms with E-state index in [-0.39, 0.29) is 17.2 Å². The summed E-state index contributed by atoms with van der Waals surface area (Å²) in [5.74, 6) is -0.457. The van der Waals surface area contributed by atoms with Gasteiger partial charge in [0.25, 0.3) is 0 Å². The molecule has 1 N–H and O–H groups in total. The normalized spacial score (nSPS) is 9.60. The first kappa shape index (κ1) is 13.4. The second kappa shape index (κ2) is 5.71. The van der Waals surface area contributed by atoms with Crippen molar-refractivity contribution < 1.29 is 19.4 Å². The molecule has 0 atom stereocenters. The molecule has 0 amide bonds. The van der Waals surface area contributed by atoms with Gasteiger partial charge >= 0.3 is 5.97 Å². The summed E-state index contributed by atoms with van der Waals surface area (Å²) in [7, 11) is 1.44. The van der Waals surface area contributed by atoms with Gasteiger partial charge in [-0.1, -0.05) is 0 Å². The molecular weight excluding hydrogens is 260 g/mol. The molecule has 0 bridgehead atoms. The lowest BCUT2D eigenvalue weighted by Crippen LogP contribution is -2.01. The Morgan fingerprint density at radius 3 is 2.80 bits per heavy atom. The highest BCUT2D eigenvalue weighted by Gasteiger charge is 2.14. The number of hydrogen-bond donors (Lipinski definition) is 1. The number of aromatic carboxylic acids is 1. The van der Waals surface area contributed by atoms with Gasteiger partial charge < -0.3 is 14.6 Å². The van der Waals surface area contributed by atoms with Crippen molar-refractivity contribution in [1.82, 2.24) is 4.98 Å². The Hall–Kier alpha value is -3.07. The topological polar surface area (TPSA) is 92.4 Å². The standard InChI is InChI=1S/C14H10N2O4/c1-19-10-2-3-12(11(7-10)14(17)18)20-13-6-9(8-15)4-5-16-13/h2-7H,1H3,(H,17,18). The molecule has 1 aromatic carbocycles. The largest absolute Gasteiger partial charge is 0.497 e. The Balaban J connectivity index is 2.37. The molecule has 0 spiro atoms. The number of rotatable bonds is 4. The van der Waals surface area contributed by atoms with E-state index in [9.17, 15) is 4.79 Å². The Labute approximate surface area is 114 Å². The van der Waals surface area contributed by atoms with E-state index in [2.05, 4.69) is 4.98 Å². The van der Waals surface area contributed by atoms with Gasteiger partial charge in [-0.25, -0.2) is 9.78 Å². The average molecular weight is 270 g/mol. The number of nitrogens with zero attached hydrogens (tertiary/aromatic N) is 2. The number of methoxy groups -OCH3 is 1. The lowest BCUT2D eigenvalue weighted by atomic mass is 10.2. The Morgan fingerprint density at radius 2 is 2.15 bits per heavy atom. The van der Waals surface area contributed by atoms with Crippen molar-refractivity contribution in [2.45, 2.75) is 0 Å². The molecule has 2 aromatic rings. The van der Waals surface area contributed by atoms with Crippen molar-refractivity contribution in [3.63, 3.8) is 0 Å². The van der Waals surface area contributed by atoms with Gasteiger partial charge in [0.1, 0.15) is 17.1 Å². The summed E-state index contributed by atoms with van der Waals surface area (Å²) >= 11 is 0. The summed E-state index contributed by atoms with van der Waals surface area (Å²) in [6.07, 6.45) is 1.41. The Morgan fingerprint density at radius 1 is 1.35 bits per heavy atom. The van der Waals surface area contributed by atoms with Crippen LogP contribution < -0.4 is 9.47 Å². The number of ether oxygens (including phenoxy) is 2. The molecule has 0 radical (unpaired) electrons. The fourth-order valence-corrected chi connectivity index (χ4v) is 1.54. The van der Waals surface area contributed by atoms with Crippen molar-refractivity contribution in [2.24, 2.45) is 0 Å². The molecule has 20 heavy (non-hydrogen) atoms. The van der Waals surface area contributed by atoms with Crippen molar-refractivity contribution in [3.8, 4) is 23.4 Å². The third kappa shape index (κ3) is 2.84. The van der Waals surface area contributed by atoms with E-state index >= 15 is 0 Å². The van der Waals surface area contributed by atoms with Crippen molar-refractivity contribution >= 4 is 5.97 Å². The van der Waals surface area contributed by atoms with E-state index in [1.54, 1.807) is 6.07 Å². The van der Waals surface area contributed by atoms with Crippen LogP contribution in [0.25, 0.3) is 0 Å². The number of aromatic nitrogens is 1. The van der Waals surface area contributed by atoms with Crippen LogP contribution in [0.15, 0.2) is 36.5 Å². The number of carboxylic acid groups (broad SMARTS) is 1. The van der Waals surface area contributed by atoms with E-state index in [1.165, 1.54) is 37.6 Å². The summed E-state index contributed by atoms with van der Waals surface area (Å²) < 4.78 is 10.4. The summed E-state index contributed by atoms with van der Waals surface area (Å²) in [5.41, 5.74) is 0.328. The maximum Gasteiger partial charge on any atom is 0.339 e.